The van der Waals surface area contributed by atoms with Crippen molar-refractivity contribution in [1.82, 2.24) is 0 Å². The Morgan fingerprint density at radius 1 is 1.44 bits per heavy atom. The number of ether oxygens (including phenoxy) is 1. The van der Waals surface area contributed by atoms with Crippen molar-refractivity contribution in [2.24, 2.45) is 5.73 Å². The van der Waals surface area contributed by atoms with Crippen molar-refractivity contribution in [3.05, 3.63) is 0 Å². The summed E-state index contributed by atoms with van der Waals surface area (Å²) < 4.78 is 5.11. The first-order chi connectivity index (χ1) is 7.13. The molecule has 1 unspecified atom stereocenters. The molecule has 0 rings (SSSR count). The number of nitrogens with two attached hydrogens (primary N) is 1. The monoisotopic (exact) mass is 244 g/mol. The number of carboxylic acid groups (broad SMARTS) is 1. The van der Waals surface area contributed by atoms with E-state index in [0.717, 1.165) is 0 Å². The van der Waals surface area contributed by atoms with E-state index in [1.54, 1.807) is 20.8 Å². The van der Waals surface area contributed by atoms with Crippen LogP contribution in [0.15, 0.2) is 0 Å². The molecule has 0 saturated heterocycles. The summed E-state index contributed by atoms with van der Waals surface area (Å²) >= 11 is 0. The van der Waals surface area contributed by atoms with Crippen LogP contribution in [0, 0.1) is 0 Å². The highest BCUT2D eigenvalue weighted by molar-refractivity contribution is 6.23. The van der Waals surface area contributed by atoms with Gasteiger partial charge in [0.15, 0.2) is 0 Å². The molecule has 0 aliphatic rings. The number of aliphatic carboxylic acids is 1. The van der Waals surface area contributed by atoms with Gasteiger partial charge in [-0.15, -0.1) is 0 Å². The van der Waals surface area contributed by atoms with Crippen molar-refractivity contribution in [3.63, 3.8) is 0 Å². The first kappa shape index (κ1) is 15.1. The van der Waals surface area contributed by atoms with Crippen LogP contribution in [0.3, 0.4) is 0 Å². The minimum Gasteiger partial charge on any atom is -0.481 e. The van der Waals surface area contributed by atoms with Crippen LogP contribution in [-0.2, 0) is 14.3 Å². The summed E-state index contributed by atoms with van der Waals surface area (Å²) in [5, 5.41) is 8.48. The van der Waals surface area contributed by atoms with Crippen molar-refractivity contribution in [2.45, 2.75) is 50.8 Å². The molecule has 0 spiro atoms. The van der Waals surface area contributed by atoms with Crippen molar-refractivity contribution >= 4 is 22.2 Å². The molecule has 16 heavy (non-hydrogen) atoms. The number of carbonyl (C=O) groups is 2. The summed E-state index contributed by atoms with van der Waals surface area (Å²) in [6.45, 7) is 5.27. The normalized spacial score (nSPS) is 15.3. The van der Waals surface area contributed by atoms with Gasteiger partial charge < -0.3 is 15.6 Å². The molecule has 0 aliphatic carbocycles. The van der Waals surface area contributed by atoms with Gasteiger partial charge in [0.25, 0.3) is 0 Å². The zero-order valence-corrected chi connectivity index (χ0v) is 10.8. The second-order valence-electron chi connectivity index (χ2n) is 4.61. The van der Waals surface area contributed by atoms with Gasteiger partial charge in [0.1, 0.15) is 5.60 Å². The van der Waals surface area contributed by atoms with Crippen LogP contribution in [0.25, 0.3) is 0 Å². The molecule has 0 heterocycles. The first-order valence-electron chi connectivity index (χ1n) is 5.05. The van der Waals surface area contributed by atoms with Crippen LogP contribution in [0.2, 0.25) is 5.54 Å². The van der Waals surface area contributed by atoms with Gasteiger partial charge in [-0.3, -0.25) is 9.59 Å². The van der Waals surface area contributed by atoms with E-state index in [0.29, 0.717) is 0 Å². The highest BCUT2D eigenvalue weighted by atomic mass is 28.1. The summed E-state index contributed by atoms with van der Waals surface area (Å²) in [6.07, 6.45) is 0.160. The second kappa shape index (κ2) is 6.00. The minimum atomic E-state index is -0.932. The topological polar surface area (TPSA) is 89.6 Å². The van der Waals surface area contributed by atoms with E-state index >= 15 is 0 Å². The third kappa shape index (κ3) is 6.57. The first-order valence-corrected chi connectivity index (χ1v) is 5.62. The summed E-state index contributed by atoms with van der Waals surface area (Å²) in [5.41, 5.74) is 4.42. The molecule has 0 aromatic heterocycles. The van der Waals surface area contributed by atoms with Crippen molar-refractivity contribution < 1.29 is 19.4 Å². The minimum absolute atomic E-state index is 0.0645. The van der Waals surface area contributed by atoms with E-state index in [-0.39, 0.29) is 12.8 Å². The Kier molecular flexibility index (Phi) is 5.67. The predicted molar refractivity (Wildman–Crippen MR) is 60.2 cm³/mol. The molecule has 0 aromatic rings. The third-order valence-corrected chi connectivity index (χ3v) is 2.44. The van der Waals surface area contributed by atoms with Crippen LogP contribution in [0.5, 0.6) is 0 Å². The van der Waals surface area contributed by atoms with Gasteiger partial charge in [-0.2, -0.15) is 0 Å². The Labute approximate surface area is 98.8 Å². The molecule has 0 bridgehead atoms. The largest absolute Gasteiger partial charge is 0.481 e. The Morgan fingerprint density at radius 3 is 2.31 bits per heavy atom. The number of hydrogen-bond acceptors (Lipinski definition) is 4. The number of carboxylic acids is 1. The molecular formula is C10H18NO4Si. The lowest BCUT2D eigenvalue weighted by Gasteiger charge is -2.24. The zero-order valence-electron chi connectivity index (χ0n) is 9.82. The Hall–Kier alpha value is -0.883. The summed E-state index contributed by atoms with van der Waals surface area (Å²) in [7, 11) is 3.17. The lowest BCUT2D eigenvalue weighted by Crippen LogP contribution is -2.36. The maximum absolute atomic E-state index is 11.5. The Bertz CT molecular complexity index is 262. The van der Waals surface area contributed by atoms with Gasteiger partial charge >= 0.3 is 11.9 Å². The van der Waals surface area contributed by atoms with Crippen molar-refractivity contribution in [2.75, 3.05) is 0 Å². The van der Waals surface area contributed by atoms with E-state index in [1.165, 1.54) is 0 Å². The van der Waals surface area contributed by atoms with Gasteiger partial charge in [0.2, 0.25) is 0 Å². The molecule has 6 heteroatoms. The Morgan fingerprint density at radius 2 is 1.94 bits per heavy atom. The van der Waals surface area contributed by atoms with Crippen LogP contribution >= 0.6 is 0 Å². The quantitative estimate of drug-likeness (QED) is 0.542. The standard InChI is InChI=1S/C10H18NO4Si/c1-10(2,3)15-9(14)8(16)6(11)4-5-7(12)13/h6,8H,4-5,11H2,1-3H3,(H,12,13)/t6-,8?/m0/s1. The molecule has 3 N–H and O–H groups in total. The van der Waals surface area contributed by atoms with Gasteiger partial charge in [-0.25, -0.2) is 0 Å². The maximum atomic E-state index is 11.5. The number of rotatable bonds is 5. The molecular weight excluding hydrogens is 226 g/mol. The zero-order chi connectivity index (χ0) is 12.9. The van der Waals surface area contributed by atoms with E-state index in [4.69, 9.17) is 15.6 Å². The van der Waals surface area contributed by atoms with E-state index in [9.17, 15) is 9.59 Å². The average molecular weight is 244 g/mol. The van der Waals surface area contributed by atoms with Gasteiger partial charge in [0.05, 0.1) is 5.54 Å². The average Bonchev–Trinajstić information content (AvgIpc) is 2.10. The Balaban J connectivity index is 4.16. The van der Waals surface area contributed by atoms with E-state index < -0.39 is 29.1 Å². The fraction of sp³-hybridized carbons (Fsp3) is 0.800. The van der Waals surface area contributed by atoms with Gasteiger partial charge in [-0.1, -0.05) is 0 Å². The fourth-order valence-electron chi connectivity index (χ4n) is 0.997. The van der Waals surface area contributed by atoms with Crippen LogP contribution in [0.1, 0.15) is 33.6 Å². The molecule has 2 atom stereocenters. The summed E-state index contributed by atoms with van der Waals surface area (Å²) in [6, 6.07) is -0.567. The number of hydrogen-bond donors (Lipinski definition) is 2. The highest BCUT2D eigenvalue weighted by Crippen LogP contribution is 2.17. The van der Waals surface area contributed by atoms with Crippen LogP contribution in [-0.4, -0.2) is 38.9 Å². The SMILES string of the molecule is CC(C)(C)OC(=O)C([Si])[C@@H](N)CCC(=O)O. The van der Waals surface area contributed by atoms with Crippen LogP contribution in [0.4, 0.5) is 0 Å². The molecule has 0 fully saturated rings. The molecule has 0 saturated carbocycles. The van der Waals surface area contributed by atoms with Gasteiger partial charge in [0, 0.05) is 22.7 Å². The fourth-order valence-corrected chi connectivity index (χ4v) is 1.22. The molecule has 0 aromatic carbocycles. The highest BCUT2D eigenvalue weighted by Gasteiger charge is 2.26. The number of esters is 1. The van der Waals surface area contributed by atoms with Crippen molar-refractivity contribution in [3.8, 4) is 0 Å². The summed E-state index contributed by atoms with van der Waals surface area (Å²) in [5.74, 6) is -1.40. The van der Waals surface area contributed by atoms with Crippen molar-refractivity contribution in [1.29, 1.82) is 0 Å². The summed E-state index contributed by atoms with van der Waals surface area (Å²) in [4.78, 5) is 21.9. The lowest BCUT2D eigenvalue weighted by atomic mass is 10.1. The predicted octanol–water partition coefficient (Wildman–Crippen LogP) is 0.477. The smallest absolute Gasteiger partial charge is 0.307 e. The molecule has 5 nitrogen and oxygen atoms in total. The molecule has 3 radical (unpaired) electrons. The second-order valence-corrected chi connectivity index (χ2v) is 5.23. The maximum Gasteiger partial charge on any atom is 0.307 e. The molecule has 0 aliphatic heterocycles. The molecule has 91 valence electrons. The third-order valence-electron chi connectivity index (χ3n) is 1.78. The number of carbonyl (C=O) groups excluding carboxylic acids is 1. The van der Waals surface area contributed by atoms with Gasteiger partial charge in [-0.05, 0) is 27.2 Å². The molecule has 0 amide bonds. The lowest BCUT2D eigenvalue weighted by molar-refractivity contribution is -0.155. The van der Waals surface area contributed by atoms with E-state index in [2.05, 4.69) is 10.2 Å². The van der Waals surface area contributed by atoms with Crippen LogP contribution < -0.4 is 5.73 Å². The van der Waals surface area contributed by atoms with E-state index in [1.807, 2.05) is 0 Å².